The molecule has 0 fully saturated rings. The normalized spacial score (nSPS) is 15.2. The van der Waals surface area contributed by atoms with Gasteiger partial charge in [0.1, 0.15) is 18.1 Å². The van der Waals surface area contributed by atoms with Gasteiger partial charge >= 0.3 is 5.97 Å². The van der Waals surface area contributed by atoms with Crippen molar-refractivity contribution in [1.29, 1.82) is 0 Å². The van der Waals surface area contributed by atoms with Crippen molar-refractivity contribution >= 4 is 48.1 Å². The van der Waals surface area contributed by atoms with Gasteiger partial charge in [-0.15, -0.1) is 0 Å². The van der Waals surface area contributed by atoms with Crippen LogP contribution in [0, 0.1) is 5.92 Å². The number of thiol groups is 1. The summed E-state index contributed by atoms with van der Waals surface area (Å²) in [6, 6.07) is -3.72. The first-order chi connectivity index (χ1) is 13.0. The third-order valence-electron chi connectivity index (χ3n) is 3.86. The highest BCUT2D eigenvalue weighted by atomic mass is 32.2. The maximum absolute atomic E-state index is 12.3. The Labute approximate surface area is 175 Å². The van der Waals surface area contributed by atoms with Crippen molar-refractivity contribution in [3.63, 3.8) is 0 Å². The molecule has 162 valence electrons. The molecule has 0 bridgehead atoms. The molecule has 0 heterocycles. The standard InChI is InChI=1S/C17H32N4O5S2/c1-9(2)7-12(17(25)26)20-16(24)13(8-27)21-14(22)10(3)19-15(23)11(18)5-6-28-4/h9-13,27H,5-8,18H2,1-4H3,(H,19,23)(H,20,24)(H,21,22)(H,25,26). The molecule has 0 rings (SSSR count). The Kier molecular flexibility index (Phi) is 13.0. The number of nitrogens with one attached hydrogen (secondary N) is 3. The molecule has 0 radical (unpaired) electrons. The highest BCUT2D eigenvalue weighted by molar-refractivity contribution is 7.98. The second-order valence-electron chi connectivity index (χ2n) is 6.89. The molecular weight excluding hydrogens is 404 g/mol. The Morgan fingerprint density at radius 1 is 1.00 bits per heavy atom. The van der Waals surface area contributed by atoms with Gasteiger partial charge in [-0.1, -0.05) is 13.8 Å². The van der Waals surface area contributed by atoms with Crippen molar-refractivity contribution in [2.45, 2.75) is 57.8 Å². The Hall–Kier alpha value is -1.46. The number of carboxylic acids is 1. The van der Waals surface area contributed by atoms with Gasteiger partial charge in [-0.3, -0.25) is 14.4 Å². The lowest BCUT2D eigenvalue weighted by atomic mass is 10.0. The molecule has 28 heavy (non-hydrogen) atoms. The second kappa shape index (κ2) is 13.7. The number of carbonyl (C=O) groups excluding carboxylic acids is 3. The Balaban J connectivity index is 4.77. The quantitative estimate of drug-likeness (QED) is 0.215. The molecular formula is C17H32N4O5S2. The fourth-order valence-corrected chi connectivity index (χ4v) is 2.96. The Bertz CT molecular complexity index is 548. The first-order valence-corrected chi connectivity index (χ1v) is 11.0. The van der Waals surface area contributed by atoms with Gasteiger partial charge in [0.25, 0.3) is 0 Å². The summed E-state index contributed by atoms with van der Waals surface area (Å²) in [6.07, 6.45) is 2.64. The number of rotatable bonds is 13. The first kappa shape index (κ1) is 26.5. The van der Waals surface area contributed by atoms with Crippen LogP contribution in [0.5, 0.6) is 0 Å². The van der Waals surface area contributed by atoms with Crippen LogP contribution in [0.25, 0.3) is 0 Å². The molecule has 0 aliphatic heterocycles. The molecule has 3 amide bonds. The number of hydrogen-bond donors (Lipinski definition) is 6. The number of nitrogens with two attached hydrogens (primary N) is 1. The molecule has 0 spiro atoms. The minimum atomic E-state index is -1.15. The molecule has 4 unspecified atom stereocenters. The predicted molar refractivity (Wildman–Crippen MR) is 113 cm³/mol. The molecule has 0 aliphatic rings. The van der Waals surface area contributed by atoms with Crippen LogP contribution in [0.15, 0.2) is 0 Å². The zero-order valence-electron chi connectivity index (χ0n) is 16.7. The number of aliphatic carboxylic acids is 1. The highest BCUT2D eigenvalue weighted by Gasteiger charge is 2.28. The maximum Gasteiger partial charge on any atom is 0.326 e. The molecule has 9 nitrogen and oxygen atoms in total. The molecule has 0 saturated heterocycles. The molecule has 4 atom stereocenters. The Morgan fingerprint density at radius 2 is 1.57 bits per heavy atom. The largest absolute Gasteiger partial charge is 0.480 e. The number of amides is 3. The average molecular weight is 437 g/mol. The van der Waals surface area contributed by atoms with E-state index in [9.17, 15) is 24.3 Å². The summed E-state index contributed by atoms with van der Waals surface area (Å²) in [4.78, 5) is 47.9. The van der Waals surface area contributed by atoms with E-state index in [1.54, 1.807) is 11.8 Å². The molecule has 11 heteroatoms. The van der Waals surface area contributed by atoms with Crippen LogP contribution < -0.4 is 21.7 Å². The van der Waals surface area contributed by atoms with E-state index in [-0.39, 0.29) is 18.1 Å². The first-order valence-electron chi connectivity index (χ1n) is 9.02. The van der Waals surface area contributed by atoms with Gasteiger partial charge in [0.05, 0.1) is 6.04 Å². The van der Waals surface area contributed by atoms with Gasteiger partial charge < -0.3 is 26.8 Å². The van der Waals surface area contributed by atoms with Crippen LogP contribution in [0.3, 0.4) is 0 Å². The van der Waals surface area contributed by atoms with E-state index in [1.165, 1.54) is 6.92 Å². The summed E-state index contributed by atoms with van der Waals surface area (Å²) in [5.41, 5.74) is 5.76. The summed E-state index contributed by atoms with van der Waals surface area (Å²) >= 11 is 5.61. The lowest BCUT2D eigenvalue weighted by molar-refractivity contribution is -0.142. The van der Waals surface area contributed by atoms with Gasteiger partial charge in [-0.05, 0) is 37.7 Å². The predicted octanol–water partition coefficient (Wildman–Crippen LogP) is -0.398. The fraction of sp³-hybridized carbons (Fsp3) is 0.765. The zero-order chi connectivity index (χ0) is 21.9. The number of carboxylic acid groups (broad SMARTS) is 1. The summed E-state index contributed by atoms with van der Waals surface area (Å²) in [5.74, 6) is -2.08. The second-order valence-corrected chi connectivity index (χ2v) is 8.24. The van der Waals surface area contributed by atoms with Crippen LogP contribution in [0.2, 0.25) is 0 Å². The molecule has 0 saturated carbocycles. The summed E-state index contributed by atoms with van der Waals surface area (Å²) in [5, 5.41) is 16.6. The van der Waals surface area contributed by atoms with Gasteiger partial charge in [0.2, 0.25) is 17.7 Å². The molecule has 6 N–H and O–H groups in total. The highest BCUT2D eigenvalue weighted by Crippen LogP contribution is 2.06. The fourth-order valence-electron chi connectivity index (χ4n) is 2.22. The third kappa shape index (κ3) is 10.2. The number of hydrogen-bond acceptors (Lipinski definition) is 7. The molecule has 0 aliphatic carbocycles. The van der Waals surface area contributed by atoms with Crippen molar-refractivity contribution in [2.75, 3.05) is 17.8 Å². The average Bonchev–Trinajstić information content (AvgIpc) is 2.62. The topological polar surface area (TPSA) is 151 Å². The van der Waals surface area contributed by atoms with Crippen LogP contribution in [-0.2, 0) is 19.2 Å². The minimum Gasteiger partial charge on any atom is -0.480 e. The summed E-state index contributed by atoms with van der Waals surface area (Å²) in [6.45, 7) is 5.16. The number of thioether (sulfide) groups is 1. The van der Waals surface area contributed by atoms with Crippen LogP contribution >= 0.6 is 24.4 Å². The third-order valence-corrected chi connectivity index (χ3v) is 4.87. The summed E-state index contributed by atoms with van der Waals surface area (Å²) < 4.78 is 0. The van der Waals surface area contributed by atoms with Crippen molar-refractivity contribution in [3.05, 3.63) is 0 Å². The van der Waals surface area contributed by atoms with E-state index in [0.717, 1.165) is 5.75 Å². The van der Waals surface area contributed by atoms with E-state index in [1.807, 2.05) is 20.1 Å². The lowest BCUT2D eigenvalue weighted by Crippen LogP contribution is -2.57. The van der Waals surface area contributed by atoms with Gasteiger partial charge in [-0.25, -0.2) is 4.79 Å². The molecule has 0 aromatic heterocycles. The molecule has 0 aromatic rings. The van der Waals surface area contributed by atoms with Crippen molar-refractivity contribution < 1.29 is 24.3 Å². The van der Waals surface area contributed by atoms with E-state index in [2.05, 4.69) is 28.6 Å². The summed E-state index contributed by atoms with van der Waals surface area (Å²) in [7, 11) is 0. The van der Waals surface area contributed by atoms with Crippen LogP contribution in [-0.4, -0.2) is 70.7 Å². The Morgan fingerprint density at radius 3 is 2.04 bits per heavy atom. The van der Waals surface area contributed by atoms with Crippen molar-refractivity contribution in [3.8, 4) is 0 Å². The van der Waals surface area contributed by atoms with E-state index in [0.29, 0.717) is 6.42 Å². The molecule has 0 aromatic carbocycles. The smallest absolute Gasteiger partial charge is 0.326 e. The zero-order valence-corrected chi connectivity index (χ0v) is 18.4. The van der Waals surface area contributed by atoms with Crippen LogP contribution in [0.4, 0.5) is 0 Å². The van der Waals surface area contributed by atoms with Gasteiger partial charge in [0, 0.05) is 5.75 Å². The van der Waals surface area contributed by atoms with E-state index >= 15 is 0 Å². The SMILES string of the molecule is CSCCC(N)C(=O)NC(C)C(=O)NC(CS)C(=O)NC(CC(C)C)C(=O)O. The van der Waals surface area contributed by atoms with Crippen LogP contribution in [0.1, 0.15) is 33.6 Å². The lowest BCUT2D eigenvalue weighted by Gasteiger charge is -2.23. The van der Waals surface area contributed by atoms with Crippen molar-refractivity contribution in [2.24, 2.45) is 11.7 Å². The minimum absolute atomic E-state index is 0.0283. The van der Waals surface area contributed by atoms with E-state index in [4.69, 9.17) is 5.73 Å². The number of carbonyl (C=O) groups is 4. The van der Waals surface area contributed by atoms with Gasteiger partial charge in [0.15, 0.2) is 0 Å². The van der Waals surface area contributed by atoms with Crippen molar-refractivity contribution in [1.82, 2.24) is 16.0 Å². The van der Waals surface area contributed by atoms with E-state index < -0.39 is 47.9 Å². The monoisotopic (exact) mass is 436 g/mol. The maximum atomic E-state index is 12.3. The van der Waals surface area contributed by atoms with Gasteiger partial charge in [-0.2, -0.15) is 24.4 Å².